The number of thioether (sulfide) groups is 1. The van der Waals surface area contributed by atoms with Gasteiger partial charge in [0.1, 0.15) is 10.8 Å². The van der Waals surface area contributed by atoms with Crippen molar-refractivity contribution in [2.45, 2.75) is 18.9 Å². The lowest BCUT2D eigenvalue weighted by atomic mass is 10.1. The number of rotatable bonds is 4. The van der Waals surface area contributed by atoms with E-state index in [1.807, 2.05) is 26.0 Å². The molecule has 6 heteroatoms. The second-order valence-electron chi connectivity index (χ2n) is 5.77. The predicted octanol–water partition coefficient (Wildman–Crippen LogP) is 5.37. The Morgan fingerprint density at radius 2 is 2.00 bits per heavy atom. The van der Waals surface area contributed by atoms with Crippen molar-refractivity contribution in [2.24, 2.45) is 0 Å². The predicted molar refractivity (Wildman–Crippen MR) is 102 cm³/mol. The molecule has 3 rings (SSSR count). The average molecular weight is 375 g/mol. The molecule has 0 saturated carbocycles. The molecule has 128 valence electrons. The SMILES string of the molecule is Cc1ccc2nc(SCC(=O)Nc3ccc(F)c(Cl)c3)c(C)cc2c1. The molecule has 0 atom stereocenters. The van der Waals surface area contributed by atoms with Crippen molar-refractivity contribution in [3.8, 4) is 0 Å². The molecule has 0 aliphatic carbocycles. The number of aromatic nitrogens is 1. The number of nitrogens with one attached hydrogen (secondary N) is 1. The van der Waals surface area contributed by atoms with Crippen molar-refractivity contribution >= 4 is 45.9 Å². The van der Waals surface area contributed by atoms with E-state index in [2.05, 4.69) is 22.4 Å². The lowest BCUT2D eigenvalue weighted by Gasteiger charge is -2.09. The third kappa shape index (κ3) is 4.30. The number of halogens is 2. The van der Waals surface area contributed by atoms with Gasteiger partial charge in [0, 0.05) is 11.1 Å². The van der Waals surface area contributed by atoms with Crippen molar-refractivity contribution in [1.29, 1.82) is 0 Å². The minimum Gasteiger partial charge on any atom is -0.325 e. The summed E-state index contributed by atoms with van der Waals surface area (Å²) in [5, 5.41) is 4.60. The first-order chi connectivity index (χ1) is 11.9. The maximum atomic E-state index is 13.1. The highest BCUT2D eigenvalue weighted by Gasteiger charge is 2.09. The molecule has 0 saturated heterocycles. The number of nitrogens with zero attached hydrogens (tertiary/aromatic N) is 1. The third-order valence-corrected chi connectivity index (χ3v) is 5.04. The number of pyridine rings is 1. The van der Waals surface area contributed by atoms with E-state index in [9.17, 15) is 9.18 Å². The Kier molecular flexibility index (Phi) is 5.25. The fourth-order valence-corrected chi connectivity index (χ4v) is 3.40. The molecule has 1 amide bonds. The first kappa shape index (κ1) is 17.7. The minimum absolute atomic E-state index is 0.0206. The van der Waals surface area contributed by atoms with Crippen LogP contribution in [0, 0.1) is 19.7 Å². The van der Waals surface area contributed by atoms with Crippen molar-refractivity contribution in [3.63, 3.8) is 0 Å². The van der Waals surface area contributed by atoms with Gasteiger partial charge in [0.2, 0.25) is 5.91 Å². The summed E-state index contributed by atoms with van der Waals surface area (Å²) < 4.78 is 13.1. The van der Waals surface area contributed by atoms with Gasteiger partial charge in [-0.05, 0) is 55.8 Å². The Hall–Kier alpha value is -2.11. The van der Waals surface area contributed by atoms with Gasteiger partial charge < -0.3 is 5.32 Å². The Morgan fingerprint density at radius 1 is 1.20 bits per heavy atom. The first-order valence-corrected chi connectivity index (χ1v) is 9.04. The van der Waals surface area contributed by atoms with Gasteiger partial charge in [-0.1, -0.05) is 35.0 Å². The zero-order chi connectivity index (χ0) is 18.0. The summed E-state index contributed by atoms with van der Waals surface area (Å²) in [6.07, 6.45) is 0. The molecule has 0 fully saturated rings. The smallest absolute Gasteiger partial charge is 0.234 e. The second-order valence-corrected chi connectivity index (χ2v) is 7.14. The van der Waals surface area contributed by atoms with Crippen LogP contribution in [0.3, 0.4) is 0 Å². The summed E-state index contributed by atoms with van der Waals surface area (Å²) in [5.74, 6) is -0.502. The monoisotopic (exact) mass is 374 g/mol. The Labute approximate surface area is 154 Å². The van der Waals surface area contributed by atoms with Gasteiger partial charge in [-0.25, -0.2) is 9.37 Å². The molecule has 0 radical (unpaired) electrons. The molecule has 1 aromatic heterocycles. The van der Waals surface area contributed by atoms with Gasteiger partial charge in [0.05, 0.1) is 16.3 Å². The molecule has 0 spiro atoms. The van der Waals surface area contributed by atoms with Gasteiger partial charge in [-0.15, -0.1) is 0 Å². The molecular formula is C19H16ClFN2OS. The van der Waals surface area contributed by atoms with E-state index in [1.54, 1.807) is 0 Å². The quantitative estimate of drug-likeness (QED) is 0.624. The maximum absolute atomic E-state index is 13.1. The fraction of sp³-hybridized carbons (Fsp3) is 0.158. The molecule has 0 aliphatic rings. The molecule has 3 aromatic rings. The fourth-order valence-electron chi connectivity index (χ4n) is 2.43. The first-order valence-electron chi connectivity index (χ1n) is 7.68. The van der Waals surface area contributed by atoms with E-state index in [-0.39, 0.29) is 16.7 Å². The summed E-state index contributed by atoms with van der Waals surface area (Å²) in [6.45, 7) is 4.03. The van der Waals surface area contributed by atoms with Crippen molar-refractivity contribution in [1.82, 2.24) is 4.98 Å². The number of hydrogen-bond acceptors (Lipinski definition) is 3. The van der Waals surface area contributed by atoms with E-state index in [4.69, 9.17) is 11.6 Å². The Morgan fingerprint density at radius 3 is 2.76 bits per heavy atom. The summed E-state index contributed by atoms with van der Waals surface area (Å²) in [4.78, 5) is 16.7. The normalized spacial score (nSPS) is 10.9. The van der Waals surface area contributed by atoms with Crippen LogP contribution in [0.4, 0.5) is 10.1 Å². The third-order valence-electron chi connectivity index (χ3n) is 3.66. The highest BCUT2D eigenvalue weighted by Crippen LogP contribution is 2.25. The van der Waals surface area contributed by atoms with E-state index in [0.717, 1.165) is 21.5 Å². The number of hydrogen-bond donors (Lipinski definition) is 1. The molecule has 25 heavy (non-hydrogen) atoms. The molecular weight excluding hydrogens is 359 g/mol. The number of carbonyl (C=O) groups excluding carboxylic acids is 1. The summed E-state index contributed by atoms with van der Waals surface area (Å²) in [6, 6.07) is 12.3. The van der Waals surface area contributed by atoms with E-state index < -0.39 is 5.82 Å². The zero-order valence-electron chi connectivity index (χ0n) is 13.8. The van der Waals surface area contributed by atoms with E-state index in [1.165, 1.54) is 35.5 Å². The van der Waals surface area contributed by atoms with Crippen LogP contribution < -0.4 is 5.32 Å². The lowest BCUT2D eigenvalue weighted by Crippen LogP contribution is -2.14. The average Bonchev–Trinajstić information content (AvgIpc) is 2.56. The van der Waals surface area contributed by atoms with Crippen LogP contribution in [-0.4, -0.2) is 16.6 Å². The highest BCUT2D eigenvalue weighted by molar-refractivity contribution is 8.00. The largest absolute Gasteiger partial charge is 0.325 e. The number of fused-ring (bicyclic) bond motifs is 1. The van der Waals surface area contributed by atoms with Gasteiger partial charge in [0.15, 0.2) is 0 Å². The number of carbonyl (C=O) groups is 1. The number of amides is 1. The van der Waals surface area contributed by atoms with Crippen LogP contribution in [0.5, 0.6) is 0 Å². The molecule has 1 heterocycles. The number of aryl methyl sites for hydroxylation is 2. The maximum Gasteiger partial charge on any atom is 0.234 e. The van der Waals surface area contributed by atoms with Crippen molar-refractivity contribution < 1.29 is 9.18 Å². The van der Waals surface area contributed by atoms with Crippen LogP contribution in [-0.2, 0) is 4.79 Å². The van der Waals surface area contributed by atoms with Crippen LogP contribution in [0.2, 0.25) is 5.02 Å². The van der Waals surface area contributed by atoms with Gasteiger partial charge in [-0.2, -0.15) is 0 Å². The zero-order valence-corrected chi connectivity index (χ0v) is 15.3. The van der Waals surface area contributed by atoms with Crippen LogP contribution in [0.15, 0.2) is 47.5 Å². The van der Waals surface area contributed by atoms with Crippen LogP contribution >= 0.6 is 23.4 Å². The van der Waals surface area contributed by atoms with E-state index in [0.29, 0.717) is 5.69 Å². The second kappa shape index (κ2) is 7.42. The minimum atomic E-state index is -0.514. The van der Waals surface area contributed by atoms with Gasteiger partial charge >= 0.3 is 0 Å². The van der Waals surface area contributed by atoms with Gasteiger partial charge in [-0.3, -0.25) is 4.79 Å². The van der Waals surface area contributed by atoms with Crippen molar-refractivity contribution in [3.05, 3.63) is 64.4 Å². The Balaban J connectivity index is 1.69. The number of benzene rings is 2. The number of anilines is 1. The summed E-state index contributed by atoms with van der Waals surface area (Å²) in [5.41, 5.74) is 3.59. The molecule has 0 bridgehead atoms. The highest BCUT2D eigenvalue weighted by atomic mass is 35.5. The van der Waals surface area contributed by atoms with E-state index >= 15 is 0 Å². The molecule has 0 aliphatic heterocycles. The van der Waals surface area contributed by atoms with Crippen LogP contribution in [0.1, 0.15) is 11.1 Å². The summed E-state index contributed by atoms with van der Waals surface area (Å²) >= 11 is 7.09. The Bertz CT molecular complexity index is 962. The standard InChI is InChI=1S/C19H16ClFN2OS/c1-11-3-6-17-13(7-11)8-12(2)19(23-17)25-10-18(24)22-14-4-5-16(21)15(20)9-14/h3-9H,10H2,1-2H3,(H,22,24). The van der Waals surface area contributed by atoms with Crippen LogP contribution in [0.25, 0.3) is 10.9 Å². The molecule has 1 N–H and O–H groups in total. The summed E-state index contributed by atoms with van der Waals surface area (Å²) in [7, 11) is 0. The lowest BCUT2D eigenvalue weighted by molar-refractivity contribution is -0.113. The van der Waals surface area contributed by atoms with Gasteiger partial charge in [0.25, 0.3) is 0 Å². The topological polar surface area (TPSA) is 42.0 Å². The molecule has 0 unspecified atom stereocenters. The molecule has 3 nitrogen and oxygen atoms in total. The van der Waals surface area contributed by atoms with Crippen molar-refractivity contribution in [2.75, 3.05) is 11.1 Å². The molecule has 2 aromatic carbocycles.